The molecule has 0 bridgehead atoms. The second-order valence-corrected chi connectivity index (χ2v) is 7.53. The van der Waals surface area contributed by atoms with Crippen LogP contribution in [0.25, 0.3) is 22.5 Å². The second-order valence-electron chi connectivity index (χ2n) is 7.53. The number of phenolic OH excluding ortho intramolecular Hbond substituents is 1. The van der Waals surface area contributed by atoms with Gasteiger partial charge in [0.2, 0.25) is 5.91 Å². The molecule has 1 amide bonds. The summed E-state index contributed by atoms with van der Waals surface area (Å²) in [5, 5.41) is 9.47. The zero-order valence-corrected chi connectivity index (χ0v) is 16.2. The molecule has 2 heterocycles. The molecule has 30 heavy (non-hydrogen) atoms. The Labute approximate surface area is 172 Å². The molecule has 0 saturated carbocycles. The van der Waals surface area contributed by atoms with Crippen molar-refractivity contribution in [2.24, 2.45) is 5.73 Å². The number of hydrogen-bond acceptors (Lipinski definition) is 5. The Morgan fingerprint density at radius 2 is 1.93 bits per heavy atom. The molecule has 152 valence electrons. The van der Waals surface area contributed by atoms with E-state index >= 15 is 0 Å². The first-order valence-corrected chi connectivity index (χ1v) is 9.80. The van der Waals surface area contributed by atoms with Gasteiger partial charge in [-0.1, -0.05) is 6.07 Å². The summed E-state index contributed by atoms with van der Waals surface area (Å²) in [6.07, 6.45) is 0.568. The van der Waals surface area contributed by atoms with Gasteiger partial charge >= 0.3 is 0 Å². The summed E-state index contributed by atoms with van der Waals surface area (Å²) >= 11 is 0. The minimum Gasteiger partial charge on any atom is -0.505 e. The molecule has 6 nitrogen and oxygen atoms in total. The summed E-state index contributed by atoms with van der Waals surface area (Å²) in [5.74, 6) is -1.72. The van der Waals surface area contributed by atoms with Crippen LogP contribution in [0.5, 0.6) is 5.75 Å². The fourth-order valence-corrected chi connectivity index (χ4v) is 4.17. The molecule has 1 aliphatic heterocycles. The zero-order valence-electron chi connectivity index (χ0n) is 16.2. The van der Waals surface area contributed by atoms with Gasteiger partial charge in [0.25, 0.3) is 0 Å². The van der Waals surface area contributed by atoms with Crippen molar-refractivity contribution in [3.8, 4) is 28.3 Å². The molecular weight excluding hydrogens is 385 g/mol. The van der Waals surface area contributed by atoms with Crippen molar-refractivity contribution in [2.75, 3.05) is 31.2 Å². The van der Waals surface area contributed by atoms with E-state index in [0.717, 1.165) is 35.5 Å². The maximum Gasteiger partial charge on any atom is 0.249 e. The quantitative estimate of drug-likeness (QED) is 0.547. The third kappa shape index (κ3) is 3.07. The average Bonchev–Trinajstić information content (AvgIpc) is 3.13. The van der Waals surface area contributed by atoms with Crippen LogP contribution in [0.4, 0.5) is 10.1 Å². The van der Waals surface area contributed by atoms with Crippen LogP contribution in [0.15, 0.2) is 42.5 Å². The molecular formula is C23H20FN3O3. The number of nitrogens with two attached hydrogens (primary N) is 1. The number of amides is 1. The minimum absolute atomic E-state index is 0.382. The fourth-order valence-electron chi connectivity index (χ4n) is 4.17. The number of hydrogen-bond donors (Lipinski definition) is 2. The number of fused-ring (bicyclic) bond motifs is 3. The Morgan fingerprint density at radius 3 is 2.67 bits per heavy atom. The molecule has 2 aromatic carbocycles. The normalized spacial score (nSPS) is 15.0. The van der Waals surface area contributed by atoms with Crippen LogP contribution in [0.2, 0.25) is 0 Å². The Kier molecular flexibility index (Phi) is 4.40. The maximum absolute atomic E-state index is 13.9. The van der Waals surface area contributed by atoms with E-state index in [1.54, 1.807) is 12.1 Å². The number of pyridine rings is 1. The molecule has 5 rings (SSSR count). The lowest BCUT2D eigenvalue weighted by Gasteiger charge is -2.29. The van der Waals surface area contributed by atoms with E-state index < -0.39 is 17.5 Å². The molecule has 0 radical (unpaired) electrons. The first kappa shape index (κ1) is 18.6. The largest absolute Gasteiger partial charge is 0.505 e. The summed E-state index contributed by atoms with van der Waals surface area (Å²) in [7, 11) is 0. The predicted octanol–water partition coefficient (Wildman–Crippen LogP) is 3.10. The summed E-state index contributed by atoms with van der Waals surface area (Å²) in [5.41, 5.74) is 11.6. The van der Waals surface area contributed by atoms with Crippen LogP contribution in [0, 0.1) is 5.82 Å². The van der Waals surface area contributed by atoms with Crippen LogP contribution in [-0.2, 0) is 11.2 Å². The number of aromatic nitrogens is 1. The van der Waals surface area contributed by atoms with Gasteiger partial charge in [-0.05, 0) is 47.5 Å². The number of morpholine rings is 1. The Hall–Kier alpha value is -3.45. The van der Waals surface area contributed by atoms with E-state index in [9.17, 15) is 14.3 Å². The number of aromatic hydroxyl groups is 1. The number of phenols is 1. The van der Waals surface area contributed by atoms with Crippen molar-refractivity contribution in [3.63, 3.8) is 0 Å². The van der Waals surface area contributed by atoms with Crippen molar-refractivity contribution in [1.82, 2.24) is 4.98 Å². The topological polar surface area (TPSA) is 88.7 Å². The maximum atomic E-state index is 13.9. The van der Waals surface area contributed by atoms with Gasteiger partial charge in [-0.15, -0.1) is 0 Å². The highest BCUT2D eigenvalue weighted by Crippen LogP contribution is 2.40. The SMILES string of the molecule is NC(=O)c1cc(-c2ccc(O)c(F)c2)nc2c1Cc1cc(N3CCOCC3)ccc1-2. The first-order valence-electron chi connectivity index (χ1n) is 9.80. The van der Waals surface area contributed by atoms with Crippen LogP contribution < -0.4 is 10.6 Å². The van der Waals surface area contributed by atoms with Gasteiger partial charge in [0.1, 0.15) is 0 Å². The molecule has 1 saturated heterocycles. The van der Waals surface area contributed by atoms with Gasteiger partial charge in [0.15, 0.2) is 11.6 Å². The number of carbonyl (C=O) groups is 1. The van der Waals surface area contributed by atoms with E-state index in [1.165, 1.54) is 12.1 Å². The first-order chi connectivity index (χ1) is 14.5. The molecule has 1 fully saturated rings. The fraction of sp³-hybridized carbons (Fsp3) is 0.217. The van der Waals surface area contributed by atoms with Gasteiger partial charge in [0.05, 0.1) is 24.6 Å². The van der Waals surface area contributed by atoms with Crippen molar-refractivity contribution in [1.29, 1.82) is 0 Å². The molecule has 0 atom stereocenters. The lowest BCUT2D eigenvalue weighted by molar-refractivity contribution is 0.0999. The van der Waals surface area contributed by atoms with E-state index in [0.29, 0.717) is 42.1 Å². The number of halogens is 1. The average molecular weight is 405 g/mol. The number of carbonyl (C=O) groups excluding carboxylic acids is 1. The van der Waals surface area contributed by atoms with Crippen molar-refractivity contribution in [3.05, 3.63) is 65.0 Å². The highest BCUT2D eigenvalue weighted by Gasteiger charge is 2.27. The van der Waals surface area contributed by atoms with Gasteiger partial charge in [0, 0.05) is 41.9 Å². The summed E-state index contributed by atoms with van der Waals surface area (Å²) in [6.45, 7) is 3.09. The van der Waals surface area contributed by atoms with Crippen molar-refractivity contribution >= 4 is 11.6 Å². The van der Waals surface area contributed by atoms with E-state index in [1.807, 2.05) is 6.07 Å². The van der Waals surface area contributed by atoms with Gasteiger partial charge in [-0.25, -0.2) is 9.37 Å². The van der Waals surface area contributed by atoms with Crippen LogP contribution in [0.3, 0.4) is 0 Å². The Balaban J connectivity index is 1.60. The standard InChI is InChI=1S/C23H20FN3O3/c24-19-11-13(1-4-21(19)28)20-12-18(23(25)29)17-10-14-9-15(27-5-7-30-8-6-27)2-3-16(14)22(17)26-20/h1-4,9,11-12,28H,5-8,10H2,(H2,25,29). The zero-order chi connectivity index (χ0) is 20.8. The summed E-state index contributed by atoms with van der Waals surface area (Å²) in [6, 6.07) is 11.8. The molecule has 3 N–H and O–H groups in total. The monoisotopic (exact) mass is 405 g/mol. The molecule has 7 heteroatoms. The highest BCUT2D eigenvalue weighted by molar-refractivity contribution is 5.98. The van der Waals surface area contributed by atoms with Crippen molar-refractivity contribution in [2.45, 2.75) is 6.42 Å². The van der Waals surface area contributed by atoms with E-state index in [-0.39, 0.29) is 0 Å². The number of nitrogens with zero attached hydrogens (tertiary/aromatic N) is 2. The lowest BCUT2D eigenvalue weighted by atomic mass is 10.0. The third-order valence-corrected chi connectivity index (χ3v) is 5.72. The van der Waals surface area contributed by atoms with Crippen LogP contribution in [0.1, 0.15) is 21.5 Å². The molecule has 1 aliphatic carbocycles. The number of ether oxygens (including phenoxy) is 1. The minimum atomic E-state index is -0.744. The van der Waals surface area contributed by atoms with Gasteiger partial charge in [-0.3, -0.25) is 4.79 Å². The summed E-state index contributed by atoms with van der Waals surface area (Å²) < 4.78 is 19.3. The summed E-state index contributed by atoms with van der Waals surface area (Å²) in [4.78, 5) is 19.2. The van der Waals surface area contributed by atoms with Crippen LogP contribution in [-0.4, -0.2) is 42.3 Å². The Bertz CT molecular complexity index is 1170. The second kappa shape index (κ2) is 7.11. The predicted molar refractivity (Wildman–Crippen MR) is 111 cm³/mol. The number of rotatable bonds is 3. The van der Waals surface area contributed by atoms with Crippen LogP contribution >= 0.6 is 0 Å². The van der Waals surface area contributed by atoms with Gasteiger partial charge in [-0.2, -0.15) is 0 Å². The molecule has 1 aromatic heterocycles. The molecule has 3 aromatic rings. The van der Waals surface area contributed by atoms with Gasteiger partial charge < -0.3 is 20.5 Å². The van der Waals surface area contributed by atoms with E-state index in [2.05, 4.69) is 17.0 Å². The lowest BCUT2D eigenvalue weighted by Crippen LogP contribution is -2.36. The number of primary amides is 1. The van der Waals surface area contributed by atoms with E-state index in [4.69, 9.17) is 15.5 Å². The smallest absolute Gasteiger partial charge is 0.249 e. The number of benzene rings is 2. The molecule has 0 spiro atoms. The van der Waals surface area contributed by atoms with Crippen molar-refractivity contribution < 1.29 is 19.0 Å². The third-order valence-electron chi connectivity index (χ3n) is 5.72. The molecule has 0 unspecified atom stereocenters. The number of anilines is 1. The Morgan fingerprint density at radius 1 is 1.13 bits per heavy atom. The highest BCUT2D eigenvalue weighted by atomic mass is 19.1. The molecule has 2 aliphatic rings.